The van der Waals surface area contributed by atoms with Crippen molar-refractivity contribution in [2.45, 2.75) is 6.92 Å². The summed E-state index contributed by atoms with van der Waals surface area (Å²) >= 11 is 11.0. The Kier molecular flexibility index (Phi) is 3.61. The van der Waals surface area contributed by atoms with Gasteiger partial charge in [-0.15, -0.1) is 0 Å². The summed E-state index contributed by atoms with van der Waals surface area (Å²) in [6.45, 7) is 1.92. The maximum Gasteiger partial charge on any atom is 0.176 e. The van der Waals surface area contributed by atoms with E-state index in [1.54, 1.807) is 12.1 Å². The molecule has 0 bridgehead atoms. The van der Waals surface area contributed by atoms with E-state index in [0.717, 1.165) is 11.4 Å². The number of hydrogen-bond donors (Lipinski definition) is 3. The van der Waals surface area contributed by atoms with E-state index >= 15 is 0 Å². The number of benzene rings is 1. The fourth-order valence-corrected chi connectivity index (χ4v) is 1.74. The number of halogens is 1. The first kappa shape index (κ1) is 11.9. The minimum absolute atomic E-state index is 0.471. The number of H-pyrrole nitrogens is 1. The minimum atomic E-state index is 0.471. The Hall–Kier alpha value is -1.59. The molecule has 0 saturated heterocycles. The van der Waals surface area contributed by atoms with Gasteiger partial charge in [0.15, 0.2) is 10.9 Å². The van der Waals surface area contributed by atoms with Crippen LogP contribution < -0.4 is 10.6 Å². The van der Waals surface area contributed by atoms with Crippen molar-refractivity contribution in [2.75, 3.05) is 10.6 Å². The highest BCUT2D eigenvalue weighted by atomic mass is 35.5. The number of rotatable bonds is 2. The van der Waals surface area contributed by atoms with Gasteiger partial charge in [-0.3, -0.25) is 5.10 Å². The van der Waals surface area contributed by atoms with E-state index in [1.807, 2.05) is 25.1 Å². The Morgan fingerprint density at radius 3 is 2.82 bits per heavy atom. The number of nitrogens with one attached hydrogen (secondary N) is 3. The number of anilines is 2. The van der Waals surface area contributed by atoms with Crippen LogP contribution in [0.1, 0.15) is 5.69 Å². The molecule has 0 saturated carbocycles. The standard InChI is InChI=1S/C11H11ClN4S/c1-7-5-10(16-15-7)14-11(17)13-9-4-2-3-8(12)6-9/h2-6H,1H3,(H3,13,14,15,16,17). The molecule has 2 aromatic rings. The number of aromatic nitrogens is 2. The summed E-state index contributed by atoms with van der Waals surface area (Å²) in [5, 5.41) is 14.0. The summed E-state index contributed by atoms with van der Waals surface area (Å²) in [6, 6.07) is 9.21. The molecule has 1 aromatic carbocycles. The van der Waals surface area contributed by atoms with Gasteiger partial charge in [-0.1, -0.05) is 17.7 Å². The fourth-order valence-electron chi connectivity index (χ4n) is 1.33. The highest BCUT2D eigenvalue weighted by Crippen LogP contribution is 2.15. The van der Waals surface area contributed by atoms with Gasteiger partial charge in [-0.25, -0.2) is 0 Å². The highest BCUT2D eigenvalue weighted by molar-refractivity contribution is 7.80. The Balaban J connectivity index is 1.98. The smallest absolute Gasteiger partial charge is 0.176 e. The topological polar surface area (TPSA) is 52.7 Å². The second kappa shape index (κ2) is 5.16. The number of aryl methyl sites for hydroxylation is 1. The van der Waals surface area contributed by atoms with Crippen molar-refractivity contribution < 1.29 is 0 Å². The van der Waals surface area contributed by atoms with E-state index in [4.69, 9.17) is 23.8 Å². The molecular weight excluding hydrogens is 256 g/mol. The first-order chi connectivity index (χ1) is 8.13. The largest absolute Gasteiger partial charge is 0.332 e. The number of thiocarbonyl (C=S) groups is 1. The van der Waals surface area contributed by atoms with Gasteiger partial charge in [0.05, 0.1) is 0 Å². The van der Waals surface area contributed by atoms with Crippen LogP contribution in [0.5, 0.6) is 0 Å². The molecule has 0 fully saturated rings. The molecule has 17 heavy (non-hydrogen) atoms. The quantitative estimate of drug-likeness (QED) is 0.731. The molecule has 6 heteroatoms. The van der Waals surface area contributed by atoms with Gasteiger partial charge in [0.2, 0.25) is 0 Å². The first-order valence-electron chi connectivity index (χ1n) is 4.99. The van der Waals surface area contributed by atoms with Gasteiger partial charge in [-0.2, -0.15) is 5.10 Å². The third-order valence-corrected chi connectivity index (χ3v) is 2.47. The summed E-state index contributed by atoms with van der Waals surface area (Å²) < 4.78 is 0. The van der Waals surface area contributed by atoms with E-state index in [1.165, 1.54) is 0 Å². The Morgan fingerprint density at radius 2 is 2.18 bits per heavy atom. The Bertz CT molecular complexity index is 538. The van der Waals surface area contributed by atoms with Crippen molar-refractivity contribution in [1.29, 1.82) is 0 Å². The maximum absolute atomic E-state index is 5.87. The van der Waals surface area contributed by atoms with E-state index in [-0.39, 0.29) is 0 Å². The van der Waals surface area contributed by atoms with Crippen molar-refractivity contribution in [1.82, 2.24) is 10.2 Å². The van der Waals surface area contributed by atoms with Crippen LogP contribution in [0.4, 0.5) is 11.5 Å². The Labute approximate surface area is 109 Å². The van der Waals surface area contributed by atoms with Crippen molar-refractivity contribution in [2.24, 2.45) is 0 Å². The van der Waals surface area contributed by atoms with Crippen LogP contribution in [0.3, 0.4) is 0 Å². The van der Waals surface area contributed by atoms with Crippen LogP contribution in [0, 0.1) is 6.92 Å². The van der Waals surface area contributed by atoms with Gasteiger partial charge in [-0.05, 0) is 37.3 Å². The molecule has 0 radical (unpaired) electrons. The van der Waals surface area contributed by atoms with Crippen molar-refractivity contribution in [3.05, 3.63) is 41.0 Å². The molecule has 0 unspecified atom stereocenters. The van der Waals surface area contributed by atoms with Crippen LogP contribution in [0.15, 0.2) is 30.3 Å². The van der Waals surface area contributed by atoms with Crippen molar-refractivity contribution >= 4 is 40.4 Å². The lowest BCUT2D eigenvalue weighted by molar-refractivity contribution is 1.05. The molecule has 2 rings (SSSR count). The van der Waals surface area contributed by atoms with Gasteiger partial charge >= 0.3 is 0 Å². The zero-order chi connectivity index (χ0) is 12.3. The molecule has 88 valence electrons. The average molecular weight is 267 g/mol. The lowest BCUT2D eigenvalue weighted by Gasteiger charge is -2.08. The van der Waals surface area contributed by atoms with Gasteiger partial charge in [0.1, 0.15) is 0 Å². The zero-order valence-electron chi connectivity index (χ0n) is 9.12. The first-order valence-corrected chi connectivity index (χ1v) is 5.78. The molecule has 0 aliphatic carbocycles. The second-order valence-corrected chi connectivity index (χ2v) is 4.37. The number of aromatic amines is 1. The third kappa shape index (κ3) is 3.44. The van der Waals surface area contributed by atoms with Gasteiger partial charge in [0.25, 0.3) is 0 Å². The normalized spacial score (nSPS) is 10.0. The summed E-state index contributed by atoms with van der Waals surface area (Å²) in [7, 11) is 0. The molecule has 4 nitrogen and oxygen atoms in total. The molecule has 0 amide bonds. The molecule has 0 aliphatic heterocycles. The number of hydrogen-bond acceptors (Lipinski definition) is 2. The van der Waals surface area contributed by atoms with Gasteiger partial charge in [0, 0.05) is 22.5 Å². The molecule has 0 atom stereocenters. The monoisotopic (exact) mass is 266 g/mol. The average Bonchev–Trinajstić information content (AvgIpc) is 2.63. The van der Waals surface area contributed by atoms with Gasteiger partial charge < -0.3 is 10.6 Å². The fraction of sp³-hybridized carbons (Fsp3) is 0.0909. The van der Waals surface area contributed by atoms with Crippen LogP contribution in [0.25, 0.3) is 0 Å². The van der Waals surface area contributed by atoms with E-state index in [2.05, 4.69) is 20.8 Å². The van der Waals surface area contributed by atoms with Crippen molar-refractivity contribution in [3.63, 3.8) is 0 Å². The molecule has 0 aliphatic rings. The molecule has 1 aromatic heterocycles. The molecule has 3 N–H and O–H groups in total. The predicted octanol–water partition coefficient (Wildman–Crippen LogP) is 3.18. The van der Waals surface area contributed by atoms with Crippen LogP contribution >= 0.6 is 23.8 Å². The molecule has 0 spiro atoms. The SMILES string of the molecule is Cc1cc(NC(=S)Nc2cccc(Cl)c2)n[nH]1. The zero-order valence-corrected chi connectivity index (χ0v) is 10.7. The van der Waals surface area contributed by atoms with E-state index < -0.39 is 0 Å². The van der Waals surface area contributed by atoms with E-state index in [9.17, 15) is 0 Å². The minimum Gasteiger partial charge on any atom is -0.332 e. The van der Waals surface area contributed by atoms with Crippen molar-refractivity contribution in [3.8, 4) is 0 Å². The summed E-state index contributed by atoms with van der Waals surface area (Å²) in [5.74, 6) is 0.682. The predicted molar refractivity (Wildman–Crippen MR) is 74.6 cm³/mol. The summed E-state index contributed by atoms with van der Waals surface area (Å²) in [4.78, 5) is 0. The van der Waals surface area contributed by atoms with E-state index in [0.29, 0.717) is 16.0 Å². The number of nitrogens with zero attached hydrogens (tertiary/aromatic N) is 1. The maximum atomic E-state index is 5.87. The highest BCUT2D eigenvalue weighted by Gasteiger charge is 2.01. The Morgan fingerprint density at radius 1 is 1.35 bits per heavy atom. The second-order valence-electron chi connectivity index (χ2n) is 3.53. The lowest BCUT2D eigenvalue weighted by Crippen LogP contribution is -2.19. The summed E-state index contributed by atoms with van der Waals surface area (Å²) in [6.07, 6.45) is 0. The van der Waals surface area contributed by atoms with Crippen LogP contribution in [-0.2, 0) is 0 Å². The third-order valence-electron chi connectivity index (χ3n) is 2.03. The summed E-state index contributed by atoms with van der Waals surface area (Å²) in [5.41, 5.74) is 1.81. The van der Waals surface area contributed by atoms with Crippen LogP contribution in [-0.4, -0.2) is 15.3 Å². The lowest BCUT2D eigenvalue weighted by atomic mass is 10.3. The van der Waals surface area contributed by atoms with Crippen LogP contribution in [0.2, 0.25) is 5.02 Å². The molecular formula is C11H11ClN4S. The molecule has 1 heterocycles.